The molecule has 1 aromatic carbocycles. The van der Waals surface area contributed by atoms with Crippen molar-refractivity contribution in [3.05, 3.63) is 45.2 Å². The van der Waals surface area contributed by atoms with Crippen LogP contribution in [0.1, 0.15) is 30.5 Å². The van der Waals surface area contributed by atoms with Crippen molar-refractivity contribution in [1.82, 2.24) is 10.3 Å². The molecule has 0 saturated carbocycles. The van der Waals surface area contributed by atoms with Gasteiger partial charge in [-0.15, -0.1) is 0 Å². The molecule has 21 heavy (non-hydrogen) atoms. The van der Waals surface area contributed by atoms with Crippen molar-refractivity contribution in [1.29, 1.82) is 0 Å². The Morgan fingerprint density at radius 2 is 1.95 bits per heavy atom. The van der Waals surface area contributed by atoms with Gasteiger partial charge in [-0.3, -0.25) is 4.79 Å². The first-order valence-electron chi connectivity index (χ1n) is 7.39. The van der Waals surface area contributed by atoms with Crippen LogP contribution in [0.2, 0.25) is 0 Å². The maximum Gasteiger partial charge on any atom is 0.252 e. The van der Waals surface area contributed by atoms with E-state index < -0.39 is 0 Å². The van der Waals surface area contributed by atoms with E-state index in [1.54, 1.807) is 0 Å². The van der Waals surface area contributed by atoms with Crippen LogP contribution >= 0.6 is 0 Å². The van der Waals surface area contributed by atoms with E-state index in [1.165, 1.54) is 5.56 Å². The van der Waals surface area contributed by atoms with Crippen LogP contribution in [0.5, 0.6) is 0 Å². The van der Waals surface area contributed by atoms with Gasteiger partial charge in [0.05, 0.1) is 12.1 Å². The summed E-state index contributed by atoms with van der Waals surface area (Å²) in [6.45, 7) is 8.68. The fourth-order valence-corrected chi connectivity index (χ4v) is 2.62. The van der Waals surface area contributed by atoms with Crippen molar-refractivity contribution >= 4 is 10.9 Å². The Hall–Kier alpha value is -1.65. The molecule has 0 unspecified atom stereocenters. The SMILES string of the molecule is Cc1cc(C)c2[nH]c(=O)c(CN[C@H](CO)C(C)C)cc2c1. The van der Waals surface area contributed by atoms with Crippen LogP contribution in [0.15, 0.2) is 23.0 Å². The Kier molecular flexibility index (Phi) is 4.80. The number of aryl methyl sites for hydroxylation is 2. The molecule has 4 heteroatoms. The predicted octanol–water partition coefficient (Wildman–Crippen LogP) is 2.25. The number of hydrogen-bond donors (Lipinski definition) is 3. The van der Waals surface area contributed by atoms with Gasteiger partial charge in [0.15, 0.2) is 0 Å². The molecule has 114 valence electrons. The highest BCUT2D eigenvalue weighted by atomic mass is 16.3. The zero-order valence-electron chi connectivity index (χ0n) is 13.2. The molecule has 3 N–H and O–H groups in total. The van der Waals surface area contributed by atoms with E-state index in [4.69, 9.17) is 0 Å². The van der Waals surface area contributed by atoms with Gasteiger partial charge in [-0.1, -0.05) is 25.5 Å². The monoisotopic (exact) mass is 288 g/mol. The number of hydrogen-bond acceptors (Lipinski definition) is 3. The van der Waals surface area contributed by atoms with Crippen molar-refractivity contribution in [2.24, 2.45) is 5.92 Å². The molecule has 0 bridgehead atoms. The molecule has 1 aromatic heterocycles. The first-order chi connectivity index (χ1) is 9.92. The Morgan fingerprint density at radius 1 is 1.24 bits per heavy atom. The van der Waals surface area contributed by atoms with Gasteiger partial charge >= 0.3 is 0 Å². The lowest BCUT2D eigenvalue weighted by Gasteiger charge is -2.19. The van der Waals surface area contributed by atoms with Gasteiger partial charge in [0.2, 0.25) is 0 Å². The summed E-state index contributed by atoms with van der Waals surface area (Å²) in [6.07, 6.45) is 0. The number of H-pyrrole nitrogens is 1. The third-order valence-corrected chi connectivity index (χ3v) is 3.93. The molecular formula is C17H24N2O2. The van der Waals surface area contributed by atoms with Crippen molar-refractivity contribution in [3.63, 3.8) is 0 Å². The smallest absolute Gasteiger partial charge is 0.252 e. The Balaban J connectivity index is 2.33. The molecule has 1 atom stereocenters. The van der Waals surface area contributed by atoms with Crippen LogP contribution in [0, 0.1) is 19.8 Å². The lowest BCUT2D eigenvalue weighted by atomic mass is 10.0. The molecule has 0 aliphatic heterocycles. The van der Waals surface area contributed by atoms with Gasteiger partial charge in [-0.25, -0.2) is 0 Å². The zero-order valence-corrected chi connectivity index (χ0v) is 13.2. The van der Waals surface area contributed by atoms with Crippen molar-refractivity contribution in [2.45, 2.75) is 40.3 Å². The van der Waals surface area contributed by atoms with Crippen LogP contribution in [0.3, 0.4) is 0 Å². The second-order valence-corrected chi connectivity index (χ2v) is 6.08. The number of aromatic nitrogens is 1. The second kappa shape index (κ2) is 6.41. The number of aliphatic hydroxyl groups is 1. The highest BCUT2D eigenvalue weighted by Crippen LogP contribution is 2.18. The van der Waals surface area contributed by atoms with Gasteiger partial charge in [0, 0.05) is 18.2 Å². The van der Waals surface area contributed by atoms with Crippen LogP contribution in [0.4, 0.5) is 0 Å². The molecular weight excluding hydrogens is 264 g/mol. The summed E-state index contributed by atoms with van der Waals surface area (Å²) in [5.74, 6) is 0.319. The average molecular weight is 288 g/mol. The van der Waals surface area contributed by atoms with E-state index in [0.29, 0.717) is 18.0 Å². The number of aromatic amines is 1. The molecule has 0 radical (unpaired) electrons. The van der Waals surface area contributed by atoms with E-state index in [2.05, 4.69) is 29.4 Å². The number of rotatable bonds is 5. The van der Waals surface area contributed by atoms with Crippen molar-refractivity contribution in [2.75, 3.05) is 6.61 Å². The van der Waals surface area contributed by atoms with E-state index in [0.717, 1.165) is 16.5 Å². The van der Waals surface area contributed by atoms with Crippen LogP contribution in [-0.4, -0.2) is 22.7 Å². The standard InChI is InChI=1S/C17H24N2O2/c1-10(2)15(9-20)18-8-14-7-13-6-11(3)5-12(4)16(13)19-17(14)21/h5-7,10,15,18,20H,8-9H2,1-4H3,(H,19,21)/t15-/m1/s1. The molecule has 0 aliphatic carbocycles. The minimum atomic E-state index is -0.0672. The zero-order chi connectivity index (χ0) is 15.6. The highest BCUT2D eigenvalue weighted by molar-refractivity contribution is 5.82. The number of aliphatic hydroxyl groups excluding tert-OH is 1. The fraction of sp³-hybridized carbons (Fsp3) is 0.471. The number of nitrogens with one attached hydrogen (secondary N) is 2. The summed E-state index contributed by atoms with van der Waals surface area (Å²) in [4.78, 5) is 15.1. The van der Waals surface area contributed by atoms with Crippen molar-refractivity contribution in [3.8, 4) is 0 Å². The van der Waals surface area contributed by atoms with Crippen molar-refractivity contribution < 1.29 is 5.11 Å². The molecule has 0 fully saturated rings. The third kappa shape index (κ3) is 3.52. The predicted molar refractivity (Wildman–Crippen MR) is 86.6 cm³/mol. The number of fused-ring (bicyclic) bond motifs is 1. The van der Waals surface area contributed by atoms with Gasteiger partial charge in [0.1, 0.15) is 0 Å². The lowest BCUT2D eigenvalue weighted by Crippen LogP contribution is -2.37. The van der Waals surface area contributed by atoms with E-state index in [9.17, 15) is 9.90 Å². The minimum absolute atomic E-state index is 0.000609. The molecule has 0 spiro atoms. The van der Waals surface area contributed by atoms with Gasteiger partial charge in [0.25, 0.3) is 5.56 Å². The first kappa shape index (κ1) is 15.7. The van der Waals surface area contributed by atoms with Crippen LogP contribution in [-0.2, 0) is 6.54 Å². The summed E-state index contributed by atoms with van der Waals surface area (Å²) >= 11 is 0. The van der Waals surface area contributed by atoms with E-state index >= 15 is 0 Å². The van der Waals surface area contributed by atoms with Crippen LogP contribution in [0.25, 0.3) is 10.9 Å². The summed E-state index contributed by atoms with van der Waals surface area (Å²) in [5.41, 5.74) is 3.80. The van der Waals surface area contributed by atoms with Gasteiger partial charge < -0.3 is 15.4 Å². The first-order valence-corrected chi connectivity index (χ1v) is 7.39. The molecule has 0 aliphatic rings. The Labute approximate surface area is 125 Å². The summed E-state index contributed by atoms with van der Waals surface area (Å²) in [7, 11) is 0. The minimum Gasteiger partial charge on any atom is -0.395 e. The lowest BCUT2D eigenvalue weighted by molar-refractivity contribution is 0.210. The average Bonchev–Trinajstić information content (AvgIpc) is 2.40. The quantitative estimate of drug-likeness (QED) is 0.790. The van der Waals surface area contributed by atoms with Crippen LogP contribution < -0.4 is 10.9 Å². The number of pyridine rings is 1. The van der Waals surface area contributed by atoms with E-state index in [1.807, 2.05) is 26.8 Å². The maximum atomic E-state index is 12.2. The maximum absolute atomic E-state index is 12.2. The summed E-state index contributed by atoms with van der Waals surface area (Å²) in [6, 6.07) is 6.08. The fourth-order valence-electron chi connectivity index (χ4n) is 2.62. The largest absolute Gasteiger partial charge is 0.395 e. The summed E-state index contributed by atoms with van der Waals surface area (Å²) < 4.78 is 0. The number of benzene rings is 1. The third-order valence-electron chi connectivity index (χ3n) is 3.93. The van der Waals surface area contributed by atoms with Gasteiger partial charge in [-0.05, 0) is 42.8 Å². The molecule has 2 aromatic rings. The normalized spacial score (nSPS) is 13.0. The van der Waals surface area contributed by atoms with Gasteiger partial charge in [-0.2, -0.15) is 0 Å². The molecule has 4 nitrogen and oxygen atoms in total. The topological polar surface area (TPSA) is 65.1 Å². The highest BCUT2D eigenvalue weighted by Gasteiger charge is 2.12. The molecule has 0 amide bonds. The Bertz CT molecular complexity index is 689. The molecule has 1 heterocycles. The molecule has 0 saturated heterocycles. The Morgan fingerprint density at radius 3 is 2.57 bits per heavy atom. The second-order valence-electron chi connectivity index (χ2n) is 6.08. The summed E-state index contributed by atoms with van der Waals surface area (Å²) in [5, 5.41) is 13.6. The van der Waals surface area contributed by atoms with E-state index in [-0.39, 0.29) is 18.2 Å². The molecule has 2 rings (SSSR count).